The van der Waals surface area contributed by atoms with Crippen LogP contribution in [0.5, 0.6) is 0 Å². The summed E-state index contributed by atoms with van der Waals surface area (Å²) in [5, 5.41) is 0. The summed E-state index contributed by atoms with van der Waals surface area (Å²) < 4.78 is 0. The van der Waals surface area contributed by atoms with Gasteiger partial charge in [0.2, 0.25) is 5.91 Å². The molecule has 1 rings (SSSR count). The first-order valence-corrected chi connectivity index (χ1v) is 6.11. The molecule has 0 spiro atoms. The van der Waals surface area contributed by atoms with Crippen molar-refractivity contribution in [2.75, 3.05) is 7.05 Å². The fraction of sp³-hybridized carbons (Fsp3) is 0.533. The lowest BCUT2D eigenvalue weighted by atomic mass is 9.81. The standard InChI is InChI=1S/C15H23NO/c1-12(15(2,3)4)14(17)16(5)11-13-9-7-6-8-10-13/h6-10,12H,11H2,1-5H3/t12-/m1/s1. The smallest absolute Gasteiger partial charge is 0.225 e. The molecule has 1 aromatic rings. The van der Waals surface area contributed by atoms with Crippen molar-refractivity contribution in [1.82, 2.24) is 4.90 Å². The Morgan fingerprint density at radius 2 is 1.76 bits per heavy atom. The predicted molar refractivity (Wildman–Crippen MR) is 71.5 cm³/mol. The molecule has 0 unspecified atom stereocenters. The van der Waals surface area contributed by atoms with Crippen molar-refractivity contribution in [2.45, 2.75) is 34.2 Å². The number of carbonyl (C=O) groups excluding carboxylic acids is 1. The van der Waals surface area contributed by atoms with Gasteiger partial charge in [0.1, 0.15) is 0 Å². The molecule has 0 bridgehead atoms. The number of hydrogen-bond donors (Lipinski definition) is 0. The molecule has 94 valence electrons. The maximum absolute atomic E-state index is 12.2. The third-order valence-electron chi connectivity index (χ3n) is 3.31. The van der Waals surface area contributed by atoms with Crippen LogP contribution >= 0.6 is 0 Å². The lowest BCUT2D eigenvalue weighted by Crippen LogP contribution is -2.37. The number of benzene rings is 1. The van der Waals surface area contributed by atoms with E-state index in [9.17, 15) is 4.79 Å². The van der Waals surface area contributed by atoms with Crippen LogP contribution in [0.15, 0.2) is 30.3 Å². The summed E-state index contributed by atoms with van der Waals surface area (Å²) >= 11 is 0. The number of nitrogens with zero attached hydrogens (tertiary/aromatic N) is 1. The van der Waals surface area contributed by atoms with Gasteiger partial charge in [0.05, 0.1) is 0 Å². The van der Waals surface area contributed by atoms with Gasteiger partial charge in [-0.1, -0.05) is 58.0 Å². The first kappa shape index (κ1) is 13.8. The molecule has 1 aromatic carbocycles. The summed E-state index contributed by atoms with van der Waals surface area (Å²) in [6.45, 7) is 8.99. The molecule has 0 saturated carbocycles. The van der Waals surface area contributed by atoms with Gasteiger partial charge in [0.25, 0.3) is 0 Å². The number of rotatable bonds is 3. The van der Waals surface area contributed by atoms with Gasteiger partial charge in [0.15, 0.2) is 0 Å². The van der Waals surface area contributed by atoms with Crippen LogP contribution in [0.2, 0.25) is 0 Å². The van der Waals surface area contributed by atoms with Crippen molar-refractivity contribution in [3.05, 3.63) is 35.9 Å². The summed E-state index contributed by atoms with van der Waals surface area (Å²) in [5.74, 6) is 0.248. The maximum atomic E-state index is 12.2. The zero-order valence-corrected chi connectivity index (χ0v) is 11.5. The first-order chi connectivity index (χ1) is 7.82. The second-order valence-corrected chi connectivity index (χ2v) is 5.77. The molecule has 0 aliphatic rings. The molecule has 0 radical (unpaired) electrons. The van der Waals surface area contributed by atoms with Gasteiger partial charge in [-0.3, -0.25) is 4.79 Å². The molecule has 1 atom stereocenters. The monoisotopic (exact) mass is 233 g/mol. The number of hydrogen-bond acceptors (Lipinski definition) is 1. The molecule has 0 N–H and O–H groups in total. The topological polar surface area (TPSA) is 20.3 Å². The Kier molecular flexibility index (Phi) is 4.33. The third kappa shape index (κ3) is 3.88. The van der Waals surface area contributed by atoms with E-state index in [0.29, 0.717) is 6.54 Å². The van der Waals surface area contributed by atoms with E-state index in [2.05, 4.69) is 20.8 Å². The Morgan fingerprint density at radius 1 is 1.24 bits per heavy atom. The van der Waals surface area contributed by atoms with Gasteiger partial charge in [-0.05, 0) is 11.0 Å². The van der Waals surface area contributed by atoms with Crippen LogP contribution in [0, 0.1) is 11.3 Å². The lowest BCUT2D eigenvalue weighted by Gasteiger charge is -2.30. The first-order valence-electron chi connectivity index (χ1n) is 6.11. The van der Waals surface area contributed by atoms with Crippen LogP contribution in [0.3, 0.4) is 0 Å². The summed E-state index contributed by atoms with van der Waals surface area (Å²) in [5.41, 5.74) is 1.19. The van der Waals surface area contributed by atoms with Gasteiger partial charge in [-0.25, -0.2) is 0 Å². The summed E-state index contributed by atoms with van der Waals surface area (Å²) in [4.78, 5) is 14.0. The summed E-state index contributed by atoms with van der Waals surface area (Å²) in [6, 6.07) is 10.1. The Labute approximate surface area is 105 Å². The van der Waals surface area contributed by atoms with Crippen molar-refractivity contribution in [3.63, 3.8) is 0 Å². The second kappa shape index (κ2) is 5.35. The van der Waals surface area contributed by atoms with Gasteiger partial charge in [-0.15, -0.1) is 0 Å². The molecule has 2 nitrogen and oxygen atoms in total. The molecule has 0 saturated heterocycles. The molecule has 0 heterocycles. The third-order valence-corrected chi connectivity index (χ3v) is 3.31. The van der Waals surface area contributed by atoms with Gasteiger partial charge in [-0.2, -0.15) is 0 Å². The van der Waals surface area contributed by atoms with E-state index in [-0.39, 0.29) is 17.2 Å². The van der Waals surface area contributed by atoms with Crippen molar-refractivity contribution >= 4 is 5.91 Å². The Balaban J connectivity index is 2.65. The van der Waals surface area contributed by atoms with Gasteiger partial charge < -0.3 is 4.90 Å². The van der Waals surface area contributed by atoms with E-state index >= 15 is 0 Å². The lowest BCUT2D eigenvalue weighted by molar-refractivity contribution is -0.137. The Morgan fingerprint density at radius 3 is 2.24 bits per heavy atom. The van der Waals surface area contributed by atoms with Crippen LogP contribution in [0.1, 0.15) is 33.3 Å². The van der Waals surface area contributed by atoms with Crippen LogP contribution in [-0.2, 0) is 11.3 Å². The van der Waals surface area contributed by atoms with E-state index in [1.54, 1.807) is 0 Å². The van der Waals surface area contributed by atoms with Crippen LogP contribution in [0.4, 0.5) is 0 Å². The van der Waals surface area contributed by atoms with Gasteiger partial charge in [0, 0.05) is 19.5 Å². The molecule has 17 heavy (non-hydrogen) atoms. The minimum absolute atomic E-state index is 0.0159. The fourth-order valence-electron chi connectivity index (χ4n) is 1.64. The average Bonchev–Trinajstić information content (AvgIpc) is 2.27. The highest BCUT2D eigenvalue weighted by Crippen LogP contribution is 2.27. The minimum Gasteiger partial charge on any atom is -0.341 e. The minimum atomic E-state index is 0.0159. The summed E-state index contributed by atoms with van der Waals surface area (Å²) in [6.07, 6.45) is 0. The van der Waals surface area contributed by atoms with E-state index in [4.69, 9.17) is 0 Å². The van der Waals surface area contributed by atoms with Crippen molar-refractivity contribution in [3.8, 4) is 0 Å². The number of amides is 1. The SMILES string of the molecule is C[C@H](C(=O)N(C)Cc1ccccc1)C(C)(C)C. The molecule has 0 aliphatic heterocycles. The van der Waals surface area contributed by atoms with Crippen LogP contribution < -0.4 is 0 Å². The largest absolute Gasteiger partial charge is 0.341 e. The van der Waals surface area contributed by atoms with E-state index < -0.39 is 0 Å². The zero-order valence-electron chi connectivity index (χ0n) is 11.5. The quantitative estimate of drug-likeness (QED) is 0.784. The highest BCUT2D eigenvalue weighted by Gasteiger charge is 2.28. The van der Waals surface area contributed by atoms with Crippen LogP contribution in [0.25, 0.3) is 0 Å². The summed E-state index contributed by atoms with van der Waals surface area (Å²) in [7, 11) is 1.87. The normalized spacial score (nSPS) is 13.2. The molecule has 2 heteroatoms. The fourth-order valence-corrected chi connectivity index (χ4v) is 1.64. The highest BCUT2D eigenvalue weighted by molar-refractivity contribution is 5.78. The molecule has 1 amide bonds. The Hall–Kier alpha value is -1.31. The second-order valence-electron chi connectivity index (χ2n) is 5.77. The van der Waals surface area contributed by atoms with Crippen molar-refractivity contribution < 1.29 is 4.79 Å². The van der Waals surface area contributed by atoms with Crippen LogP contribution in [-0.4, -0.2) is 17.9 Å². The molecule has 0 aliphatic carbocycles. The van der Waals surface area contributed by atoms with Gasteiger partial charge >= 0.3 is 0 Å². The van der Waals surface area contributed by atoms with Crippen molar-refractivity contribution in [2.24, 2.45) is 11.3 Å². The highest BCUT2D eigenvalue weighted by atomic mass is 16.2. The van der Waals surface area contributed by atoms with E-state index in [0.717, 1.165) is 0 Å². The number of carbonyl (C=O) groups is 1. The molecular formula is C15H23NO. The molecule has 0 aromatic heterocycles. The maximum Gasteiger partial charge on any atom is 0.225 e. The zero-order chi connectivity index (χ0) is 13.1. The average molecular weight is 233 g/mol. The van der Waals surface area contributed by atoms with Crippen molar-refractivity contribution in [1.29, 1.82) is 0 Å². The van der Waals surface area contributed by atoms with E-state index in [1.165, 1.54) is 5.56 Å². The molecular weight excluding hydrogens is 210 g/mol. The Bertz CT molecular complexity index is 364. The predicted octanol–water partition coefficient (Wildman–Crippen LogP) is 3.33. The molecule has 0 fully saturated rings. The van der Waals surface area contributed by atoms with E-state index in [1.807, 2.05) is 49.2 Å².